The molecule has 1 aromatic carbocycles. The van der Waals surface area contributed by atoms with Crippen molar-refractivity contribution in [2.45, 2.75) is 26.2 Å². The van der Waals surface area contributed by atoms with E-state index in [1.54, 1.807) is 0 Å². The average molecular weight is 302 g/mol. The zero-order valence-electron chi connectivity index (χ0n) is 13.0. The number of benzene rings is 1. The molecule has 4 nitrogen and oxygen atoms in total. The van der Waals surface area contributed by atoms with Crippen LogP contribution in [0, 0.1) is 11.7 Å². The van der Waals surface area contributed by atoms with Gasteiger partial charge in [0.15, 0.2) is 5.96 Å². The molecule has 1 fully saturated rings. The Morgan fingerprint density at radius 3 is 3.00 bits per heavy atom. The van der Waals surface area contributed by atoms with Crippen molar-refractivity contribution in [2.24, 2.45) is 10.9 Å². The van der Waals surface area contributed by atoms with Gasteiger partial charge in [0.25, 0.3) is 0 Å². The van der Waals surface area contributed by atoms with Crippen molar-refractivity contribution >= 4 is 16.9 Å². The second kappa shape index (κ2) is 6.81. The van der Waals surface area contributed by atoms with Crippen LogP contribution in [-0.4, -0.2) is 30.6 Å². The zero-order valence-corrected chi connectivity index (χ0v) is 13.0. The van der Waals surface area contributed by atoms with Crippen LogP contribution in [0.3, 0.4) is 0 Å². The average Bonchev–Trinajstić information content (AvgIpc) is 3.26. The highest BCUT2D eigenvalue weighted by molar-refractivity contribution is 5.83. The highest BCUT2D eigenvalue weighted by Gasteiger charge is 2.20. The number of rotatable bonds is 6. The number of guanidine groups is 1. The number of nitrogens with one attached hydrogen (secondary N) is 3. The molecule has 0 amide bonds. The topological polar surface area (TPSA) is 52.2 Å². The van der Waals surface area contributed by atoms with Gasteiger partial charge in [-0.1, -0.05) is 0 Å². The van der Waals surface area contributed by atoms with Crippen LogP contribution in [0.15, 0.2) is 29.4 Å². The first-order chi connectivity index (χ1) is 10.8. The van der Waals surface area contributed by atoms with E-state index >= 15 is 0 Å². The molecule has 0 radical (unpaired) electrons. The number of aromatic nitrogens is 1. The maximum Gasteiger partial charge on any atom is 0.191 e. The fourth-order valence-electron chi connectivity index (χ4n) is 2.54. The van der Waals surface area contributed by atoms with Crippen molar-refractivity contribution in [1.82, 2.24) is 15.6 Å². The summed E-state index contributed by atoms with van der Waals surface area (Å²) in [4.78, 5) is 7.73. The minimum Gasteiger partial charge on any atom is -0.361 e. The predicted octanol–water partition coefficient (Wildman–Crippen LogP) is 2.81. The summed E-state index contributed by atoms with van der Waals surface area (Å²) in [6.07, 6.45) is 5.46. The summed E-state index contributed by atoms with van der Waals surface area (Å²) in [6, 6.07) is 4.88. The van der Waals surface area contributed by atoms with E-state index < -0.39 is 0 Å². The Labute approximate surface area is 130 Å². The quantitative estimate of drug-likeness (QED) is 0.568. The fourth-order valence-corrected chi connectivity index (χ4v) is 2.54. The summed E-state index contributed by atoms with van der Waals surface area (Å²) in [7, 11) is 0. The fraction of sp³-hybridized carbons (Fsp3) is 0.471. The van der Waals surface area contributed by atoms with Crippen molar-refractivity contribution in [3.63, 3.8) is 0 Å². The second-order valence-corrected chi connectivity index (χ2v) is 5.84. The van der Waals surface area contributed by atoms with Gasteiger partial charge in [0.2, 0.25) is 0 Å². The molecular formula is C17H23FN4. The van der Waals surface area contributed by atoms with Crippen LogP contribution in [-0.2, 0) is 6.42 Å². The zero-order chi connectivity index (χ0) is 15.4. The summed E-state index contributed by atoms with van der Waals surface area (Å²) >= 11 is 0. The third-order valence-electron chi connectivity index (χ3n) is 3.96. The molecule has 3 rings (SSSR count). The van der Waals surface area contributed by atoms with Crippen molar-refractivity contribution in [1.29, 1.82) is 0 Å². The van der Waals surface area contributed by atoms with Crippen LogP contribution in [0.4, 0.5) is 4.39 Å². The predicted molar refractivity (Wildman–Crippen MR) is 88.7 cm³/mol. The molecule has 1 saturated carbocycles. The lowest BCUT2D eigenvalue weighted by molar-refractivity contribution is 0.629. The molecule has 2 aromatic rings. The Morgan fingerprint density at radius 2 is 2.23 bits per heavy atom. The van der Waals surface area contributed by atoms with Crippen LogP contribution >= 0.6 is 0 Å². The number of fused-ring (bicyclic) bond motifs is 1. The van der Waals surface area contributed by atoms with E-state index in [9.17, 15) is 4.39 Å². The van der Waals surface area contributed by atoms with E-state index in [2.05, 4.69) is 27.5 Å². The Bertz CT molecular complexity index is 658. The third kappa shape index (κ3) is 3.78. The van der Waals surface area contributed by atoms with Crippen molar-refractivity contribution in [2.75, 3.05) is 19.6 Å². The van der Waals surface area contributed by atoms with Gasteiger partial charge in [-0.3, -0.25) is 4.99 Å². The first kappa shape index (κ1) is 14.9. The lowest BCUT2D eigenvalue weighted by Gasteiger charge is -2.10. The molecule has 5 heteroatoms. The van der Waals surface area contributed by atoms with Crippen LogP contribution in [0.1, 0.15) is 25.3 Å². The van der Waals surface area contributed by atoms with Gasteiger partial charge in [-0.05, 0) is 55.9 Å². The maximum atomic E-state index is 13.2. The minimum atomic E-state index is -0.208. The van der Waals surface area contributed by atoms with Gasteiger partial charge in [-0.15, -0.1) is 0 Å². The van der Waals surface area contributed by atoms with E-state index in [4.69, 9.17) is 0 Å². The van der Waals surface area contributed by atoms with Gasteiger partial charge in [0, 0.05) is 36.7 Å². The lowest BCUT2D eigenvalue weighted by atomic mass is 10.1. The number of nitrogens with zero attached hydrogens (tertiary/aromatic N) is 1. The Kier molecular flexibility index (Phi) is 4.61. The van der Waals surface area contributed by atoms with Crippen molar-refractivity contribution in [3.05, 3.63) is 35.8 Å². The number of hydrogen-bond donors (Lipinski definition) is 3. The summed E-state index contributed by atoms with van der Waals surface area (Å²) in [5.74, 6) is 1.47. The molecule has 1 aliphatic rings. The standard InChI is InChI=1S/C17H23FN4/c1-2-19-17(22-10-12-3-4-12)20-8-7-13-11-21-16-9-14(18)5-6-15(13)16/h5-6,9,11-12,21H,2-4,7-8,10H2,1H3,(H2,19,20,22). The van der Waals surface area contributed by atoms with E-state index in [0.717, 1.165) is 48.8 Å². The number of aromatic amines is 1. The van der Waals surface area contributed by atoms with Gasteiger partial charge in [-0.2, -0.15) is 0 Å². The number of hydrogen-bond acceptors (Lipinski definition) is 1. The third-order valence-corrected chi connectivity index (χ3v) is 3.96. The Balaban J connectivity index is 1.56. The molecule has 1 heterocycles. The monoisotopic (exact) mass is 302 g/mol. The normalized spacial score (nSPS) is 15.3. The summed E-state index contributed by atoms with van der Waals surface area (Å²) < 4.78 is 13.2. The van der Waals surface area contributed by atoms with E-state index in [1.807, 2.05) is 12.3 Å². The van der Waals surface area contributed by atoms with Crippen LogP contribution < -0.4 is 10.6 Å². The highest BCUT2D eigenvalue weighted by Crippen LogP contribution is 2.28. The summed E-state index contributed by atoms with van der Waals surface area (Å²) in [5.41, 5.74) is 2.05. The van der Waals surface area contributed by atoms with Crippen molar-refractivity contribution in [3.8, 4) is 0 Å². The Morgan fingerprint density at radius 1 is 1.36 bits per heavy atom. The van der Waals surface area contributed by atoms with E-state index in [0.29, 0.717) is 0 Å². The van der Waals surface area contributed by atoms with E-state index in [1.165, 1.54) is 30.5 Å². The summed E-state index contributed by atoms with van der Waals surface area (Å²) in [6.45, 7) is 4.66. The van der Waals surface area contributed by atoms with Crippen LogP contribution in [0.5, 0.6) is 0 Å². The highest BCUT2D eigenvalue weighted by atomic mass is 19.1. The number of halogens is 1. The van der Waals surface area contributed by atoms with Crippen molar-refractivity contribution < 1.29 is 4.39 Å². The maximum absolute atomic E-state index is 13.2. The molecule has 0 atom stereocenters. The summed E-state index contributed by atoms with van der Waals surface area (Å²) in [5, 5.41) is 7.73. The van der Waals surface area contributed by atoms with Crippen LogP contribution in [0.25, 0.3) is 10.9 Å². The van der Waals surface area contributed by atoms with Gasteiger partial charge in [0.05, 0.1) is 0 Å². The molecule has 3 N–H and O–H groups in total. The Hall–Kier alpha value is -2.04. The van der Waals surface area contributed by atoms with E-state index in [-0.39, 0.29) is 5.82 Å². The molecule has 1 aliphatic carbocycles. The smallest absolute Gasteiger partial charge is 0.191 e. The molecule has 0 spiro atoms. The van der Waals surface area contributed by atoms with Gasteiger partial charge < -0.3 is 15.6 Å². The molecule has 0 bridgehead atoms. The molecule has 1 aromatic heterocycles. The van der Waals surface area contributed by atoms with Gasteiger partial charge >= 0.3 is 0 Å². The number of H-pyrrole nitrogens is 1. The first-order valence-electron chi connectivity index (χ1n) is 8.04. The van der Waals surface area contributed by atoms with Crippen LogP contribution in [0.2, 0.25) is 0 Å². The van der Waals surface area contributed by atoms with Gasteiger partial charge in [-0.25, -0.2) is 4.39 Å². The molecule has 118 valence electrons. The molecule has 0 aliphatic heterocycles. The largest absolute Gasteiger partial charge is 0.361 e. The number of aliphatic imine (C=N–C) groups is 1. The SMILES string of the molecule is CCNC(=NCC1CC1)NCCc1c[nH]c2cc(F)ccc12. The molecule has 22 heavy (non-hydrogen) atoms. The molecule has 0 unspecified atom stereocenters. The molecular weight excluding hydrogens is 279 g/mol. The first-order valence-corrected chi connectivity index (χ1v) is 8.04. The lowest BCUT2D eigenvalue weighted by Crippen LogP contribution is -2.38. The molecule has 0 saturated heterocycles. The second-order valence-electron chi connectivity index (χ2n) is 5.84. The van der Waals surface area contributed by atoms with Gasteiger partial charge in [0.1, 0.15) is 5.82 Å². The minimum absolute atomic E-state index is 0.208.